The highest BCUT2D eigenvalue weighted by molar-refractivity contribution is 6.01. The Kier molecular flexibility index (Phi) is 6.22. The van der Waals surface area contributed by atoms with Crippen LogP contribution in [-0.4, -0.2) is 39.9 Å². The van der Waals surface area contributed by atoms with Gasteiger partial charge >= 0.3 is 5.97 Å². The van der Waals surface area contributed by atoms with Gasteiger partial charge in [0.1, 0.15) is 17.9 Å². The van der Waals surface area contributed by atoms with Crippen molar-refractivity contribution in [3.05, 3.63) is 95.3 Å². The summed E-state index contributed by atoms with van der Waals surface area (Å²) in [7, 11) is 0. The number of hydrogen-bond acceptors (Lipinski definition) is 3. The number of rotatable bonds is 7. The van der Waals surface area contributed by atoms with E-state index in [0.717, 1.165) is 11.1 Å². The van der Waals surface area contributed by atoms with Crippen LogP contribution in [0.4, 0.5) is 4.39 Å². The van der Waals surface area contributed by atoms with Gasteiger partial charge in [-0.05, 0) is 35.7 Å². The summed E-state index contributed by atoms with van der Waals surface area (Å²) >= 11 is 0. The van der Waals surface area contributed by atoms with Gasteiger partial charge in [-0.15, -0.1) is 0 Å². The van der Waals surface area contributed by atoms with Crippen LogP contribution in [0.5, 0.6) is 0 Å². The average Bonchev–Trinajstić information content (AvgIpc) is 3.14. The minimum atomic E-state index is -1.16. The Balaban J connectivity index is 1.60. The normalized spacial score (nSPS) is 14.5. The third-order valence-electron chi connectivity index (χ3n) is 5.83. The van der Waals surface area contributed by atoms with Crippen molar-refractivity contribution in [3.8, 4) is 11.1 Å². The minimum Gasteiger partial charge on any atom is -0.480 e. The van der Waals surface area contributed by atoms with E-state index in [2.05, 4.69) is 5.32 Å². The van der Waals surface area contributed by atoms with E-state index in [1.807, 2.05) is 12.1 Å². The fourth-order valence-corrected chi connectivity index (χ4v) is 3.98. The average molecular weight is 446 g/mol. The molecule has 6 nitrogen and oxygen atoms in total. The van der Waals surface area contributed by atoms with E-state index < -0.39 is 24.0 Å². The van der Waals surface area contributed by atoms with Crippen molar-refractivity contribution in [1.82, 2.24) is 10.2 Å². The molecule has 0 spiro atoms. The van der Waals surface area contributed by atoms with Crippen LogP contribution in [0, 0.1) is 5.82 Å². The molecule has 2 N–H and O–H groups in total. The maximum absolute atomic E-state index is 14.1. The summed E-state index contributed by atoms with van der Waals surface area (Å²) in [5.74, 6) is -2.29. The predicted molar refractivity (Wildman–Crippen MR) is 121 cm³/mol. The maximum atomic E-state index is 14.1. The van der Waals surface area contributed by atoms with E-state index >= 15 is 0 Å². The van der Waals surface area contributed by atoms with Gasteiger partial charge in [-0.1, -0.05) is 60.7 Å². The monoisotopic (exact) mass is 446 g/mol. The number of halogens is 1. The Morgan fingerprint density at radius 1 is 1.00 bits per heavy atom. The van der Waals surface area contributed by atoms with Crippen LogP contribution >= 0.6 is 0 Å². The van der Waals surface area contributed by atoms with Gasteiger partial charge in [-0.2, -0.15) is 0 Å². The van der Waals surface area contributed by atoms with E-state index in [1.165, 1.54) is 17.9 Å². The molecule has 0 saturated heterocycles. The SMILES string of the molecule is C[C@H](NC(=O)[C@H](Cc1ccc(-c2ccccc2F)cc1)N1Cc2ccccc2C1=O)C(=O)O. The molecule has 0 radical (unpaired) electrons. The number of nitrogens with one attached hydrogen (secondary N) is 1. The molecule has 0 saturated carbocycles. The highest BCUT2D eigenvalue weighted by Gasteiger charge is 2.37. The van der Waals surface area contributed by atoms with Gasteiger partial charge < -0.3 is 15.3 Å². The number of carboxylic acid groups (broad SMARTS) is 1. The van der Waals surface area contributed by atoms with Gasteiger partial charge in [0.2, 0.25) is 5.91 Å². The van der Waals surface area contributed by atoms with Crippen LogP contribution < -0.4 is 5.32 Å². The molecule has 0 aromatic heterocycles. The lowest BCUT2D eigenvalue weighted by Crippen LogP contribution is -2.51. The first-order valence-corrected chi connectivity index (χ1v) is 10.6. The van der Waals surface area contributed by atoms with Crippen LogP contribution in [0.25, 0.3) is 11.1 Å². The third-order valence-corrected chi connectivity index (χ3v) is 5.83. The van der Waals surface area contributed by atoms with Crippen LogP contribution in [0.15, 0.2) is 72.8 Å². The van der Waals surface area contributed by atoms with E-state index in [-0.39, 0.29) is 24.7 Å². The van der Waals surface area contributed by atoms with Crippen molar-refractivity contribution in [2.45, 2.75) is 32.0 Å². The van der Waals surface area contributed by atoms with Gasteiger partial charge in [0.25, 0.3) is 5.91 Å². The Bertz CT molecular complexity index is 1210. The summed E-state index contributed by atoms with van der Waals surface area (Å²) in [6.07, 6.45) is 0.190. The first-order valence-electron chi connectivity index (χ1n) is 10.6. The van der Waals surface area contributed by atoms with E-state index in [0.29, 0.717) is 16.7 Å². The number of amides is 2. The predicted octanol–water partition coefficient (Wildman–Crippen LogP) is 3.65. The minimum absolute atomic E-state index is 0.190. The Morgan fingerprint density at radius 2 is 1.64 bits per heavy atom. The Labute approximate surface area is 190 Å². The van der Waals surface area contributed by atoms with Crippen LogP contribution in [0.3, 0.4) is 0 Å². The van der Waals surface area contributed by atoms with Crippen LogP contribution in [0.2, 0.25) is 0 Å². The summed E-state index contributed by atoms with van der Waals surface area (Å²) in [5, 5.41) is 11.7. The lowest BCUT2D eigenvalue weighted by Gasteiger charge is -2.28. The summed E-state index contributed by atoms with van der Waals surface area (Å²) in [6, 6.07) is 18.7. The van der Waals surface area contributed by atoms with Crippen LogP contribution in [0.1, 0.15) is 28.4 Å². The second-order valence-electron chi connectivity index (χ2n) is 8.06. The number of hydrogen-bond donors (Lipinski definition) is 2. The zero-order chi connectivity index (χ0) is 23.5. The van der Waals surface area contributed by atoms with Gasteiger partial charge in [0, 0.05) is 24.1 Å². The molecule has 1 aliphatic rings. The summed E-state index contributed by atoms with van der Waals surface area (Å²) in [6.45, 7) is 1.64. The van der Waals surface area contributed by atoms with Crippen molar-refractivity contribution in [1.29, 1.82) is 0 Å². The van der Waals surface area contributed by atoms with Crippen molar-refractivity contribution in [2.75, 3.05) is 0 Å². The number of fused-ring (bicyclic) bond motifs is 1. The lowest BCUT2D eigenvalue weighted by molar-refractivity contribution is -0.142. The third kappa shape index (κ3) is 4.62. The molecule has 2 atom stereocenters. The van der Waals surface area contributed by atoms with Crippen LogP contribution in [-0.2, 0) is 22.6 Å². The van der Waals surface area contributed by atoms with Gasteiger partial charge in [-0.25, -0.2) is 4.39 Å². The fourth-order valence-electron chi connectivity index (χ4n) is 3.98. The first kappa shape index (κ1) is 22.2. The molecule has 7 heteroatoms. The summed E-state index contributed by atoms with van der Waals surface area (Å²) < 4.78 is 14.1. The molecule has 33 heavy (non-hydrogen) atoms. The summed E-state index contributed by atoms with van der Waals surface area (Å²) in [5.41, 5.74) is 3.29. The van der Waals surface area contributed by atoms with Crippen molar-refractivity contribution in [3.63, 3.8) is 0 Å². The zero-order valence-electron chi connectivity index (χ0n) is 18.0. The highest BCUT2D eigenvalue weighted by Crippen LogP contribution is 2.27. The molecule has 0 bridgehead atoms. The van der Waals surface area contributed by atoms with Crippen molar-refractivity contribution in [2.24, 2.45) is 0 Å². The smallest absolute Gasteiger partial charge is 0.325 e. The number of benzene rings is 3. The molecule has 0 aliphatic carbocycles. The highest BCUT2D eigenvalue weighted by atomic mass is 19.1. The molecular formula is C26H23FN2O4. The number of nitrogens with zero attached hydrogens (tertiary/aromatic N) is 1. The largest absolute Gasteiger partial charge is 0.480 e. The zero-order valence-corrected chi connectivity index (χ0v) is 18.0. The first-order chi connectivity index (χ1) is 15.8. The molecule has 2 amide bonds. The molecular weight excluding hydrogens is 423 g/mol. The van der Waals surface area contributed by atoms with Crippen molar-refractivity contribution >= 4 is 17.8 Å². The Hall–Kier alpha value is -4.00. The summed E-state index contributed by atoms with van der Waals surface area (Å²) in [4.78, 5) is 38.8. The van der Waals surface area contributed by atoms with Gasteiger partial charge in [-0.3, -0.25) is 14.4 Å². The maximum Gasteiger partial charge on any atom is 0.325 e. The molecule has 3 aromatic carbocycles. The molecule has 168 valence electrons. The Morgan fingerprint density at radius 3 is 2.27 bits per heavy atom. The second-order valence-corrected chi connectivity index (χ2v) is 8.06. The van der Waals surface area contributed by atoms with E-state index in [1.54, 1.807) is 54.6 Å². The number of carbonyl (C=O) groups excluding carboxylic acids is 2. The fraction of sp³-hybridized carbons (Fsp3) is 0.192. The molecule has 1 heterocycles. The van der Waals surface area contributed by atoms with E-state index in [4.69, 9.17) is 0 Å². The second kappa shape index (κ2) is 9.24. The molecule has 4 rings (SSSR count). The number of carbonyl (C=O) groups is 3. The van der Waals surface area contributed by atoms with Crippen molar-refractivity contribution < 1.29 is 23.9 Å². The lowest BCUT2D eigenvalue weighted by atomic mass is 9.99. The topological polar surface area (TPSA) is 86.7 Å². The van der Waals surface area contributed by atoms with Gasteiger partial charge in [0.15, 0.2) is 0 Å². The standard InChI is InChI=1S/C26H23FN2O4/c1-16(26(32)33)28-24(30)23(29-15-19-6-2-3-8-21(19)25(29)31)14-17-10-12-18(13-11-17)20-7-4-5-9-22(20)27/h2-13,16,23H,14-15H2,1H3,(H,28,30)(H,32,33)/t16-,23-/m0/s1. The molecule has 0 fully saturated rings. The molecule has 3 aromatic rings. The van der Waals surface area contributed by atoms with Gasteiger partial charge in [0.05, 0.1) is 0 Å². The number of aliphatic carboxylic acids is 1. The molecule has 1 aliphatic heterocycles. The number of carboxylic acids is 1. The molecule has 0 unspecified atom stereocenters. The quantitative estimate of drug-likeness (QED) is 0.580. The van der Waals surface area contributed by atoms with E-state index in [9.17, 15) is 23.9 Å².